The van der Waals surface area contributed by atoms with Crippen LogP contribution in [0.25, 0.3) is 0 Å². The van der Waals surface area contributed by atoms with Gasteiger partial charge in [-0.15, -0.1) is 0 Å². The highest BCUT2D eigenvalue weighted by Crippen LogP contribution is 2.18. The Labute approximate surface area is 120 Å². The van der Waals surface area contributed by atoms with Gasteiger partial charge < -0.3 is 9.47 Å². The molecule has 7 heteroatoms. The molecule has 0 aliphatic heterocycles. The molecule has 0 saturated carbocycles. The summed E-state index contributed by atoms with van der Waals surface area (Å²) in [6.45, 7) is 1.77. The second kappa shape index (κ2) is 6.17. The Balaban J connectivity index is 2.28. The maximum absolute atomic E-state index is 13.7. The van der Waals surface area contributed by atoms with Crippen molar-refractivity contribution in [2.24, 2.45) is 0 Å². The predicted octanol–water partition coefficient (Wildman–Crippen LogP) is 2.19. The number of amides is 1. The minimum absolute atomic E-state index is 0.0305. The zero-order chi connectivity index (χ0) is 15.4. The van der Waals surface area contributed by atoms with Gasteiger partial charge in [-0.25, -0.2) is 4.39 Å². The first-order valence-electron chi connectivity index (χ1n) is 6.08. The minimum atomic E-state index is -0.647. The van der Waals surface area contributed by atoms with Crippen molar-refractivity contribution in [2.75, 3.05) is 19.5 Å². The molecule has 1 aromatic carbocycles. The van der Waals surface area contributed by atoms with Crippen molar-refractivity contribution < 1.29 is 18.7 Å². The predicted molar refractivity (Wildman–Crippen MR) is 74.2 cm³/mol. The van der Waals surface area contributed by atoms with Gasteiger partial charge in [0.05, 0.1) is 25.8 Å². The molecule has 0 fully saturated rings. The molecule has 1 amide bonds. The Morgan fingerprint density at radius 2 is 1.76 bits per heavy atom. The molecule has 1 aromatic heterocycles. The maximum atomic E-state index is 13.7. The van der Waals surface area contributed by atoms with Crippen LogP contribution in [0.2, 0.25) is 0 Å². The van der Waals surface area contributed by atoms with Crippen LogP contribution >= 0.6 is 0 Å². The number of ether oxygens (including phenoxy) is 2. The molecule has 110 valence electrons. The highest BCUT2D eigenvalue weighted by molar-refractivity contribution is 6.03. The number of nitrogens with zero attached hydrogens (tertiary/aromatic N) is 2. The van der Waals surface area contributed by atoms with Crippen LogP contribution < -0.4 is 14.8 Å². The Bertz CT molecular complexity index is 654. The number of anilines is 1. The summed E-state index contributed by atoms with van der Waals surface area (Å²) in [4.78, 5) is 20.0. The van der Waals surface area contributed by atoms with E-state index in [0.717, 1.165) is 5.56 Å². The van der Waals surface area contributed by atoms with Crippen molar-refractivity contribution in [3.05, 3.63) is 41.2 Å². The van der Waals surface area contributed by atoms with E-state index in [-0.39, 0.29) is 23.3 Å². The van der Waals surface area contributed by atoms with E-state index in [0.29, 0.717) is 0 Å². The molecule has 2 aromatic rings. The summed E-state index contributed by atoms with van der Waals surface area (Å²) in [6.07, 6.45) is 0. The summed E-state index contributed by atoms with van der Waals surface area (Å²) < 4.78 is 23.6. The first-order valence-corrected chi connectivity index (χ1v) is 6.08. The van der Waals surface area contributed by atoms with Crippen LogP contribution in [0.4, 0.5) is 10.3 Å². The SMILES string of the molecule is COc1cc(OC)nc(NC(=O)c2cc(C)ccc2F)n1. The first-order chi connectivity index (χ1) is 10.0. The van der Waals surface area contributed by atoms with Gasteiger partial charge in [0.1, 0.15) is 5.82 Å². The summed E-state index contributed by atoms with van der Waals surface area (Å²) in [6, 6.07) is 5.72. The average Bonchev–Trinajstić information content (AvgIpc) is 2.49. The summed E-state index contributed by atoms with van der Waals surface area (Å²) in [7, 11) is 2.85. The van der Waals surface area contributed by atoms with Gasteiger partial charge in [0, 0.05) is 0 Å². The van der Waals surface area contributed by atoms with E-state index in [4.69, 9.17) is 9.47 Å². The van der Waals surface area contributed by atoms with Crippen molar-refractivity contribution in [3.63, 3.8) is 0 Å². The molecule has 1 heterocycles. The van der Waals surface area contributed by atoms with Crippen LogP contribution in [0.3, 0.4) is 0 Å². The van der Waals surface area contributed by atoms with Crippen LogP contribution in [-0.4, -0.2) is 30.1 Å². The van der Waals surface area contributed by atoms with Gasteiger partial charge in [-0.3, -0.25) is 10.1 Å². The normalized spacial score (nSPS) is 10.1. The fraction of sp³-hybridized carbons (Fsp3) is 0.214. The van der Waals surface area contributed by atoms with E-state index in [1.54, 1.807) is 13.0 Å². The number of rotatable bonds is 4. The topological polar surface area (TPSA) is 73.3 Å². The number of halogens is 1. The third-order valence-corrected chi connectivity index (χ3v) is 2.69. The van der Waals surface area contributed by atoms with Crippen LogP contribution in [-0.2, 0) is 0 Å². The molecule has 0 aliphatic rings. The molecule has 1 N–H and O–H groups in total. The standard InChI is InChI=1S/C14H14FN3O3/c1-8-4-5-10(15)9(6-8)13(19)18-14-16-11(20-2)7-12(17-14)21-3/h4-7H,1-3H3,(H,16,17,18,19). The molecular weight excluding hydrogens is 277 g/mol. The molecule has 2 rings (SSSR count). The van der Waals surface area contributed by atoms with Crippen molar-refractivity contribution in [1.82, 2.24) is 9.97 Å². The van der Waals surface area contributed by atoms with Gasteiger partial charge in [-0.1, -0.05) is 11.6 Å². The lowest BCUT2D eigenvalue weighted by Crippen LogP contribution is -2.16. The smallest absolute Gasteiger partial charge is 0.261 e. The van der Waals surface area contributed by atoms with Crippen molar-refractivity contribution in [1.29, 1.82) is 0 Å². The molecule has 0 atom stereocenters. The maximum Gasteiger partial charge on any atom is 0.261 e. The lowest BCUT2D eigenvalue weighted by Gasteiger charge is -2.08. The quantitative estimate of drug-likeness (QED) is 0.934. The van der Waals surface area contributed by atoms with Gasteiger partial charge in [0.15, 0.2) is 0 Å². The summed E-state index contributed by atoms with van der Waals surface area (Å²) in [5.41, 5.74) is 0.686. The largest absolute Gasteiger partial charge is 0.481 e. The van der Waals surface area contributed by atoms with Gasteiger partial charge in [0.2, 0.25) is 17.7 Å². The van der Waals surface area contributed by atoms with Gasteiger partial charge >= 0.3 is 0 Å². The number of carbonyl (C=O) groups excluding carboxylic acids is 1. The molecular formula is C14H14FN3O3. The van der Waals surface area contributed by atoms with Crippen LogP contribution in [0.15, 0.2) is 24.3 Å². The minimum Gasteiger partial charge on any atom is -0.481 e. The molecule has 0 spiro atoms. The van der Waals surface area contributed by atoms with E-state index < -0.39 is 11.7 Å². The molecule has 0 bridgehead atoms. The molecule has 0 aliphatic carbocycles. The van der Waals surface area contributed by atoms with Crippen LogP contribution in [0.1, 0.15) is 15.9 Å². The summed E-state index contributed by atoms with van der Waals surface area (Å²) in [5, 5.41) is 2.41. The number of carbonyl (C=O) groups is 1. The highest BCUT2D eigenvalue weighted by atomic mass is 19.1. The Morgan fingerprint density at radius 3 is 2.33 bits per heavy atom. The van der Waals surface area contributed by atoms with Crippen molar-refractivity contribution >= 4 is 11.9 Å². The zero-order valence-electron chi connectivity index (χ0n) is 11.8. The number of hydrogen-bond donors (Lipinski definition) is 1. The Morgan fingerprint density at radius 1 is 1.14 bits per heavy atom. The van der Waals surface area contributed by atoms with Gasteiger partial charge in [0.25, 0.3) is 5.91 Å². The van der Waals surface area contributed by atoms with Crippen LogP contribution in [0.5, 0.6) is 11.8 Å². The van der Waals surface area contributed by atoms with Crippen molar-refractivity contribution in [3.8, 4) is 11.8 Å². The van der Waals surface area contributed by atoms with E-state index in [2.05, 4.69) is 15.3 Å². The van der Waals surface area contributed by atoms with Gasteiger partial charge in [-0.2, -0.15) is 9.97 Å². The highest BCUT2D eigenvalue weighted by Gasteiger charge is 2.14. The second-order valence-corrected chi connectivity index (χ2v) is 4.21. The fourth-order valence-corrected chi connectivity index (χ4v) is 1.65. The van der Waals surface area contributed by atoms with E-state index in [9.17, 15) is 9.18 Å². The Hall–Kier alpha value is -2.70. The summed E-state index contributed by atoms with van der Waals surface area (Å²) >= 11 is 0. The molecule has 21 heavy (non-hydrogen) atoms. The molecule has 0 unspecified atom stereocenters. The number of nitrogens with one attached hydrogen (secondary N) is 1. The summed E-state index contributed by atoms with van der Waals surface area (Å²) in [5.74, 6) is -0.847. The van der Waals surface area contributed by atoms with Crippen LogP contribution in [0, 0.1) is 12.7 Å². The number of benzene rings is 1. The van der Waals surface area contributed by atoms with E-state index in [1.165, 1.54) is 32.4 Å². The fourth-order valence-electron chi connectivity index (χ4n) is 1.65. The number of aryl methyl sites for hydroxylation is 1. The average molecular weight is 291 g/mol. The van der Waals surface area contributed by atoms with E-state index >= 15 is 0 Å². The zero-order valence-corrected chi connectivity index (χ0v) is 11.8. The number of methoxy groups -OCH3 is 2. The third kappa shape index (κ3) is 3.44. The third-order valence-electron chi connectivity index (χ3n) is 2.69. The molecule has 0 radical (unpaired) electrons. The monoisotopic (exact) mass is 291 g/mol. The van der Waals surface area contributed by atoms with Crippen molar-refractivity contribution in [2.45, 2.75) is 6.92 Å². The van der Waals surface area contributed by atoms with E-state index in [1.807, 2.05) is 0 Å². The Kier molecular flexibility index (Phi) is 4.32. The lowest BCUT2D eigenvalue weighted by atomic mass is 10.1. The molecule has 6 nitrogen and oxygen atoms in total. The number of aromatic nitrogens is 2. The lowest BCUT2D eigenvalue weighted by molar-refractivity contribution is 0.102. The second-order valence-electron chi connectivity index (χ2n) is 4.21. The number of hydrogen-bond acceptors (Lipinski definition) is 5. The molecule has 0 saturated heterocycles. The van der Waals surface area contributed by atoms with Gasteiger partial charge in [-0.05, 0) is 19.1 Å². The first kappa shape index (κ1) is 14.7.